The number of carbonyl (C=O) groups excluding carboxylic acids is 1. The zero-order valence-electron chi connectivity index (χ0n) is 14.7. The fraction of sp³-hybridized carbons (Fsp3) is 0.952. The topological polar surface area (TPSA) is 29.1 Å². The van der Waals surface area contributed by atoms with E-state index in [1.165, 1.54) is 64.2 Å². The van der Waals surface area contributed by atoms with E-state index in [0.717, 1.165) is 41.9 Å². The van der Waals surface area contributed by atoms with Crippen LogP contribution in [0.25, 0.3) is 0 Å². The Bertz CT molecular complexity index is 463. The van der Waals surface area contributed by atoms with Gasteiger partial charge in [-0.05, 0) is 106 Å². The zero-order valence-corrected chi connectivity index (χ0v) is 14.7. The molecule has 0 aromatic heterocycles. The van der Waals surface area contributed by atoms with Crippen molar-refractivity contribution >= 4 is 5.91 Å². The standard InChI is InChI=1S/C21H33NO/c1-13(19-8-14-2-3-18(19)7-14)22-20(23)12-21-9-15-4-16(10-21)6-17(5-15)11-21/h13-19H,2-12H2,1H3,(H,22,23)/t13-,14+,15?,16?,17?,18+,19+,21?/m0/s1. The van der Waals surface area contributed by atoms with Gasteiger partial charge in [0.2, 0.25) is 5.91 Å². The largest absolute Gasteiger partial charge is 0.353 e. The molecule has 0 unspecified atom stereocenters. The Kier molecular flexibility index (Phi) is 3.36. The molecule has 1 amide bonds. The molecule has 0 spiro atoms. The van der Waals surface area contributed by atoms with Crippen molar-refractivity contribution in [3.63, 3.8) is 0 Å². The Labute approximate surface area is 141 Å². The first-order chi connectivity index (χ1) is 11.1. The Morgan fingerprint density at radius 1 is 0.957 bits per heavy atom. The number of fused-ring (bicyclic) bond motifs is 2. The SMILES string of the molecule is C[C@H](NC(=O)CC12CC3CC(CC(C3)C1)C2)[C@H]1C[C@@H]2CC[C@@H]1C2. The van der Waals surface area contributed by atoms with E-state index >= 15 is 0 Å². The quantitative estimate of drug-likeness (QED) is 0.811. The van der Waals surface area contributed by atoms with Crippen LogP contribution in [-0.4, -0.2) is 11.9 Å². The lowest BCUT2D eigenvalue weighted by molar-refractivity contribution is -0.130. The van der Waals surface area contributed by atoms with Gasteiger partial charge in [0.15, 0.2) is 0 Å². The van der Waals surface area contributed by atoms with Crippen LogP contribution in [0.3, 0.4) is 0 Å². The summed E-state index contributed by atoms with van der Waals surface area (Å²) in [4.78, 5) is 12.8. The third kappa shape index (κ3) is 2.55. The first-order valence-corrected chi connectivity index (χ1v) is 10.4. The fourth-order valence-corrected chi connectivity index (χ4v) is 8.17. The highest BCUT2D eigenvalue weighted by Crippen LogP contribution is 2.61. The van der Waals surface area contributed by atoms with E-state index in [0.29, 0.717) is 17.4 Å². The van der Waals surface area contributed by atoms with Crippen LogP contribution in [0.2, 0.25) is 0 Å². The third-order valence-electron chi connectivity index (χ3n) is 8.52. The lowest BCUT2D eigenvalue weighted by atomic mass is 9.49. The van der Waals surface area contributed by atoms with Crippen LogP contribution in [0, 0.1) is 40.9 Å². The van der Waals surface area contributed by atoms with Gasteiger partial charge in [0.1, 0.15) is 0 Å². The molecule has 0 heterocycles. The Morgan fingerprint density at radius 2 is 1.61 bits per heavy atom. The van der Waals surface area contributed by atoms with Gasteiger partial charge in [-0.15, -0.1) is 0 Å². The van der Waals surface area contributed by atoms with Crippen molar-refractivity contribution in [2.75, 3.05) is 0 Å². The molecule has 6 bridgehead atoms. The van der Waals surface area contributed by atoms with Gasteiger partial charge in [-0.3, -0.25) is 4.79 Å². The van der Waals surface area contributed by atoms with E-state index in [1.54, 1.807) is 0 Å². The molecule has 0 saturated heterocycles. The summed E-state index contributed by atoms with van der Waals surface area (Å²) < 4.78 is 0. The summed E-state index contributed by atoms with van der Waals surface area (Å²) in [7, 11) is 0. The minimum Gasteiger partial charge on any atom is -0.353 e. The highest BCUT2D eigenvalue weighted by atomic mass is 16.1. The molecule has 6 rings (SSSR count). The van der Waals surface area contributed by atoms with Gasteiger partial charge in [-0.2, -0.15) is 0 Å². The second kappa shape index (κ2) is 5.23. The highest BCUT2D eigenvalue weighted by Gasteiger charge is 2.51. The van der Waals surface area contributed by atoms with Crippen molar-refractivity contribution in [2.45, 2.75) is 83.6 Å². The van der Waals surface area contributed by atoms with Gasteiger partial charge in [0.05, 0.1) is 0 Å². The summed E-state index contributed by atoms with van der Waals surface area (Å²) in [6.07, 6.45) is 15.0. The van der Waals surface area contributed by atoms with E-state index in [9.17, 15) is 4.79 Å². The van der Waals surface area contributed by atoms with Gasteiger partial charge in [0.25, 0.3) is 0 Å². The highest BCUT2D eigenvalue weighted by molar-refractivity contribution is 5.77. The van der Waals surface area contributed by atoms with Crippen molar-refractivity contribution < 1.29 is 4.79 Å². The van der Waals surface area contributed by atoms with Crippen molar-refractivity contribution in [1.82, 2.24) is 5.32 Å². The van der Waals surface area contributed by atoms with E-state index in [4.69, 9.17) is 0 Å². The molecule has 4 atom stereocenters. The van der Waals surface area contributed by atoms with E-state index in [-0.39, 0.29) is 0 Å². The van der Waals surface area contributed by atoms with Crippen LogP contribution < -0.4 is 5.32 Å². The molecule has 0 aromatic carbocycles. The van der Waals surface area contributed by atoms with Crippen molar-refractivity contribution in [3.05, 3.63) is 0 Å². The van der Waals surface area contributed by atoms with E-state index in [1.807, 2.05) is 0 Å². The zero-order chi connectivity index (χ0) is 15.6. The molecule has 128 valence electrons. The second-order valence-corrected chi connectivity index (χ2v) is 10.3. The maximum Gasteiger partial charge on any atom is 0.220 e. The minimum atomic E-state index is 0.377. The molecule has 0 aliphatic heterocycles. The van der Waals surface area contributed by atoms with Gasteiger partial charge in [-0.25, -0.2) is 0 Å². The van der Waals surface area contributed by atoms with Crippen LogP contribution >= 0.6 is 0 Å². The van der Waals surface area contributed by atoms with Crippen molar-refractivity contribution in [1.29, 1.82) is 0 Å². The smallest absolute Gasteiger partial charge is 0.220 e. The summed E-state index contributed by atoms with van der Waals surface area (Å²) in [6, 6.07) is 0.409. The summed E-state index contributed by atoms with van der Waals surface area (Å²) in [5, 5.41) is 3.44. The van der Waals surface area contributed by atoms with Gasteiger partial charge < -0.3 is 5.32 Å². The van der Waals surface area contributed by atoms with Crippen LogP contribution in [0.5, 0.6) is 0 Å². The maximum absolute atomic E-state index is 12.8. The van der Waals surface area contributed by atoms with Gasteiger partial charge in [-0.1, -0.05) is 6.42 Å². The van der Waals surface area contributed by atoms with Crippen molar-refractivity contribution in [3.8, 4) is 0 Å². The number of hydrogen-bond acceptors (Lipinski definition) is 1. The van der Waals surface area contributed by atoms with Crippen molar-refractivity contribution in [2.24, 2.45) is 40.9 Å². The predicted octanol–water partition coefficient (Wildman–Crippen LogP) is 4.53. The number of carbonyl (C=O) groups is 1. The average Bonchev–Trinajstić information content (AvgIpc) is 3.07. The average molecular weight is 316 g/mol. The fourth-order valence-electron chi connectivity index (χ4n) is 8.17. The molecule has 6 aliphatic carbocycles. The molecular formula is C21H33NO. The first-order valence-electron chi connectivity index (χ1n) is 10.4. The molecule has 6 fully saturated rings. The molecular weight excluding hydrogens is 282 g/mol. The van der Waals surface area contributed by atoms with Gasteiger partial charge >= 0.3 is 0 Å². The second-order valence-electron chi connectivity index (χ2n) is 10.3. The van der Waals surface area contributed by atoms with Crippen LogP contribution in [0.4, 0.5) is 0 Å². The summed E-state index contributed by atoms with van der Waals surface area (Å²) >= 11 is 0. The summed E-state index contributed by atoms with van der Waals surface area (Å²) in [5.41, 5.74) is 0.396. The summed E-state index contributed by atoms with van der Waals surface area (Å²) in [5.74, 6) is 5.91. The minimum absolute atomic E-state index is 0.377. The number of hydrogen-bond donors (Lipinski definition) is 1. The lowest BCUT2D eigenvalue weighted by Gasteiger charge is -2.56. The Balaban J connectivity index is 1.20. The molecule has 6 aliphatic rings. The van der Waals surface area contributed by atoms with E-state index < -0.39 is 0 Å². The maximum atomic E-state index is 12.8. The molecule has 6 saturated carbocycles. The normalized spacial score (nSPS) is 51.2. The molecule has 0 radical (unpaired) electrons. The van der Waals surface area contributed by atoms with E-state index in [2.05, 4.69) is 12.2 Å². The predicted molar refractivity (Wildman–Crippen MR) is 91.8 cm³/mol. The summed E-state index contributed by atoms with van der Waals surface area (Å²) in [6.45, 7) is 2.28. The number of amides is 1. The molecule has 0 aromatic rings. The molecule has 2 heteroatoms. The Hall–Kier alpha value is -0.530. The van der Waals surface area contributed by atoms with Crippen LogP contribution in [0.1, 0.15) is 77.6 Å². The van der Waals surface area contributed by atoms with Gasteiger partial charge in [0, 0.05) is 12.5 Å². The molecule has 23 heavy (non-hydrogen) atoms. The number of rotatable bonds is 4. The monoisotopic (exact) mass is 315 g/mol. The lowest BCUT2D eigenvalue weighted by Crippen LogP contribution is -2.49. The first kappa shape index (κ1) is 14.8. The number of nitrogens with one attached hydrogen (secondary N) is 1. The molecule has 2 nitrogen and oxygen atoms in total. The van der Waals surface area contributed by atoms with Crippen LogP contribution in [0.15, 0.2) is 0 Å². The Morgan fingerprint density at radius 3 is 2.13 bits per heavy atom. The molecule has 1 N–H and O–H groups in total. The van der Waals surface area contributed by atoms with Crippen LogP contribution in [-0.2, 0) is 4.79 Å². The third-order valence-corrected chi connectivity index (χ3v) is 8.52.